The van der Waals surface area contributed by atoms with Crippen molar-refractivity contribution < 1.29 is 9.18 Å². The van der Waals surface area contributed by atoms with Gasteiger partial charge in [0.25, 0.3) is 0 Å². The topological polar surface area (TPSA) is 41.1 Å². The first kappa shape index (κ1) is 10.9. The Labute approximate surface area is 94.0 Å². The maximum absolute atomic E-state index is 11.8. The molecule has 3 nitrogen and oxygen atoms in total. The summed E-state index contributed by atoms with van der Waals surface area (Å²) in [6.45, 7) is -0.455. The van der Waals surface area contributed by atoms with Crippen molar-refractivity contribution in [3.05, 3.63) is 35.4 Å². The molecule has 86 valence electrons. The van der Waals surface area contributed by atoms with Crippen LogP contribution in [0.4, 0.5) is 9.18 Å². The van der Waals surface area contributed by atoms with Gasteiger partial charge in [-0.3, -0.25) is 0 Å². The third-order valence-electron chi connectivity index (χ3n) is 2.77. The molecule has 1 aromatic carbocycles. The summed E-state index contributed by atoms with van der Waals surface area (Å²) in [4.78, 5) is 11.3. The van der Waals surface area contributed by atoms with Gasteiger partial charge < -0.3 is 10.6 Å². The highest BCUT2D eigenvalue weighted by molar-refractivity contribution is 5.74. The van der Waals surface area contributed by atoms with Crippen LogP contribution in [0.3, 0.4) is 0 Å². The van der Waals surface area contributed by atoms with E-state index in [9.17, 15) is 9.18 Å². The normalized spacial score (nSPS) is 14.6. The van der Waals surface area contributed by atoms with Crippen molar-refractivity contribution in [2.45, 2.75) is 18.9 Å². The van der Waals surface area contributed by atoms with Crippen molar-refractivity contribution in [1.29, 1.82) is 0 Å². The van der Waals surface area contributed by atoms with E-state index in [1.807, 2.05) is 12.1 Å². The van der Waals surface area contributed by atoms with Crippen LogP contribution in [-0.4, -0.2) is 25.3 Å². The lowest BCUT2D eigenvalue weighted by Gasteiger charge is -2.12. The summed E-state index contributed by atoms with van der Waals surface area (Å²) in [6, 6.07) is 8.02. The molecular weight excluding hydrogens is 207 g/mol. The summed E-state index contributed by atoms with van der Waals surface area (Å²) < 4.78 is 11.8. The Morgan fingerprint density at radius 3 is 2.50 bits per heavy atom. The van der Waals surface area contributed by atoms with E-state index >= 15 is 0 Å². The summed E-state index contributed by atoms with van der Waals surface area (Å²) in [7, 11) is 0. The van der Waals surface area contributed by atoms with Gasteiger partial charge in [0.15, 0.2) is 0 Å². The van der Waals surface area contributed by atoms with Crippen molar-refractivity contribution in [2.75, 3.05) is 13.2 Å². The summed E-state index contributed by atoms with van der Waals surface area (Å²) in [6.07, 6.45) is 1.72. The average Bonchev–Trinajstić information content (AvgIpc) is 2.68. The van der Waals surface area contributed by atoms with Crippen LogP contribution in [0, 0.1) is 0 Å². The highest BCUT2D eigenvalue weighted by atomic mass is 19.1. The quantitative estimate of drug-likeness (QED) is 0.798. The van der Waals surface area contributed by atoms with Gasteiger partial charge >= 0.3 is 6.03 Å². The molecule has 0 atom stereocenters. The number of amides is 2. The molecule has 0 radical (unpaired) electrons. The summed E-state index contributed by atoms with van der Waals surface area (Å²) in [5.41, 5.74) is 2.58. The number of urea groups is 1. The van der Waals surface area contributed by atoms with Gasteiger partial charge in [-0.15, -0.1) is 0 Å². The van der Waals surface area contributed by atoms with Crippen molar-refractivity contribution >= 4 is 6.03 Å². The molecule has 1 aliphatic carbocycles. The van der Waals surface area contributed by atoms with E-state index in [0.717, 1.165) is 12.8 Å². The molecule has 0 saturated carbocycles. The third kappa shape index (κ3) is 2.51. The molecule has 2 amide bonds. The first-order valence-corrected chi connectivity index (χ1v) is 5.46. The number of hydrogen-bond donors (Lipinski definition) is 2. The fourth-order valence-electron chi connectivity index (χ4n) is 2.06. The van der Waals surface area contributed by atoms with Gasteiger partial charge in [-0.05, 0) is 24.0 Å². The van der Waals surface area contributed by atoms with E-state index in [1.165, 1.54) is 11.1 Å². The molecule has 0 fully saturated rings. The van der Waals surface area contributed by atoms with E-state index < -0.39 is 6.67 Å². The second kappa shape index (κ2) is 4.96. The van der Waals surface area contributed by atoms with Crippen molar-refractivity contribution in [3.63, 3.8) is 0 Å². The molecule has 0 aromatic heterocycles. The van der Waals surface area contributed by atoms with Crippen LogP contribution in [0.2, 0.25) is 0 Å². The van der Waals surface area contributed by atoms with Crippen LogP contribution in [0.25, 0.3) is 0 Å². The lowest BCUT2D eigenvalue weighted by Crippen LogP contribution is -2.43. The Kier molecular flexibility index (Phi) is 3.39. The number of benzene rings is 1. The van der Waals surface area contributed by atoms with Gasteiger partial charge in [0.05, 0.1) is 0 Å². The summed E-state index contributed by atoms with van der Waals surface area (Å²) >= 11 is 0. The minimum atomic E-state index is -0.529. The minimum absolute atomic E-state index is 0.0749. The molecule has 0 spiro atoms. The lowest BCUT2D eigenvalue weighted by molar-refractivity contribution is 0.236. The third-order valence-corrected chi connectivity index (χ3v) is 2.77. The summed E-state index contributed by atoms with van der Waals surface area (Å²) in [5.74, 6) is 0. The Balaban J connectivity index is 1.85. The molecule has 0 bridgehead atoms. The number of carbonyl (C=O) groups excluding carboxylic acids is 1. The number of alkyl halides is 1. The van der Waals surface area contributed by atoms with Crippen LogP contribution in [0.5, 0.6) is 0 Å². The van der Waals surface area contributed by atoms with Gasteiger partial charge in [-0.2, -0.15) is 0 Å². The van der Waals surface area contributed by atoms with Crippen LogP contribution < -0.4 is 10.6 Å². The fraction of sp³-hybridized carbons (Fsp3) is 0.417. The molecule has 1 aliphatic rings. The zero-order valence-corrected chi connectivity index (χ0v) is 9.00. The second-order valence-electron chi connectivity index (χ2n) is 3.96. The number of hydrogen-bond acceptors (Lipinski definition) is 1. The minimum Gasteiger partial charge on any atom is -0.336 e. The fourth-order valence-corrected chi connectivity index (χ4v) is 2.06. The average molecular weight is 222 g/mol. The Morgan fingerprint density at radius 1 is 1.31 bits per heavy atom. The van der Waals surface area contributed by atoms with Crippen LogP contribution in [0.15, 0.2) is 24.3 Å². The van der Waals surface area contributed by atoms with Gasteiger partial charge in [0.2, 0.25) is 0 Å². The molecule has 0 aliphatic heterocycles. The summed E-state index contributed by atoms with van der Waals surface area (Å²) in [5, 5.41) is 5.30. The monoisotopic (exact) mass is 222 g/mol. The van der Waals surface area contributed by atoms with Crippen molar-refractivity contribution in [1.82, 2.24) is 10.6 Å². The van der Waals surface area contributed by atoms with Gasteiger partial charge in [0.1, 0.15) is 6.67 Å². The van der Waals surface area contributed by atoms with Crippen molar-refractivity contribution in [3.8, 4) is 0 Å². The smallest absolute Gasteiger partial charge is 0.315 e. The first-order chi connectivity index (χ1) is 7.79. The Hall–Kier alpha value is -1.58. The number of fused-ring (bicyclic) bond motifs is 1. The predicted octanol–water partition coefficient (Wildman–Crippen LogP) is 1.42. The number of rotatable bonds is 3. The molecule has 0 unspecified atom stereocenters. The van der Waals surface area contributed by atoms with Crippen molar-refractivity contribution in [2.24, 2.45) is 0 Å². The molecular formula is C12H15FN2O. The van der Waals surface area contributed by atoms with E-state index in [1.54, 1.807) is 0 Å². The van der Waals surface area contributed by atoms with E-state index in [-0.39, 0.29) is 18.6 Å². The number of halogens is 1. The number of nitrogens with one attached hydrogen (secondary N) is 2. The zero-order chi connectivity index (χ0) is 11.4. The van der Waals surface area contributed by atoms with Crippen LogP contribution in [0.1, 0.15) is 11.1 Å². The van der Waals surface area contributed by atoms with Crippen LogP contribution >= 0.6 is 0 Å². The second-order valence-corrected chi connectivity index (χ2v) is 3.96. The van der Waals surface area contributed by atoms with Gasteiger partial charge in [0, 0.05) is 12.6 Å². The molecule has 4 heteroatoms. The maximum Gasteiger partial charge on any atom is 0.315 e. The van der Waals surface area contributed by atoms with Gasteiger partial charge in [-0.25, -0.2) is 9.18 Å². The maximum atomic E-state index is 11.8. The lowest BCUT2D eigenvalue weighted by atomic mass is 10.1. The SMILES string of the molecule is O=C(NCCF)NC1Cc2ccccc2C1. The largest absolute Gasteiger partial charge is 0.336 e. The number of carbonyl (C=O) groups is 1. The molecule has 2 N–H and O–H groups in total. The highest BCUT2D eigenvalue weighted by Gasteiger charge is 2.21. The van der Waals surface area contributed by atoms with E-state index in [4.69, 9.17) is 0 Å². The van der Waals surface area contributed by atoms with Gasteiger partial charge in [-0.1, -0.05) is 24.3 Å². The van der Waals surface area contributed by atoms with E-state index in [0.29, 0.717) is 0 Å². The highest BCUT2D eigenvalue weighted by Crippen LogP contribution is 2.21. The molecule has 1 aromatic rings. The standard InChI is InChI=1S/C12H15FN2O/c13-5-6-14-12(16)15-11-7-9-3-1-2-4-10(9)8-11/h1-4,11H,5-8H2,(H2,14,15,16). The molecule has 16 heavy (non-hydrogen) atoms. The predicted molar refractivity (Wildman–Crippen MR) is 60.1 cm³/mol. The zero-order valence-electron chi connectivity index (χ0n) is 9.00. The van der Waals surface area contributed by atoms with E-state index in [2.05, 4.69) is 22.8 Å². The molecule has 0 saturated heterocycles. The van der Waals surface area contributed by atoms with Crippen LogP contribution in [-0.2, 0) is 12.8 Å². The Bertz CT molecular complexity index is 356. The first-order valence-electron chi connectivity index (χ1n) is 5.46. The molecule has 0 heterocycles. The Morgan fingerprint density at radius 2 is 1.94 bits per heavy atom. The molecule has 2 rings (SSSR count).